The molecule has 2 heteroatoms. The number of halogens is 1. The number of aryl methyl sites for hydroxylation is 1. The zero-order chi connectivity index (χ0) is 10.5. The molecule has 0 saturated heterocycles. The summed E-state index contributed by atoms with van der Waals surface area (Å²) in [6.07, 6.45) is 4.30. The molecule has 1 atom stereocenters. The minimum absolute atomic E-state index is 0.751. The maximum atomic E-state index is 5.99. The second kappa shape index (κ2) is 3.23. The van der Waals surface area contributed by atoms with E-state index in [0.717, 1.165) is 23.0 Å². The van der Waals surface area contributed by atoms with Gasteiger partial charge >= 0.3 is 0 Å². The summed E-state index contributed by atoms with van der Waals surface area (Å²) in [6, 6.07) is 7.09. The summed E-state index contributed by atoms with van der Waals surface area (Å²) in [7, 11) is 0. The molecule has 0 aromatic heterocycles. The molecule has 2 saturated carbocycles. The van der Waals surface area contributed by atoms with Crippen molar-refractivity contribution >= 4 is 11.6 Å². The molecule has 2 fully saturated rings. The number of rotatable bonds is 3. The minimum Gasteiger partial charge on any atom is -0.309 e. The van der Waals surface area contributed by atoms with Crippen molar-refractivity contribution < 1.29 is 0 Å². The molecule has 1 aromatic rings. The maximum absolute atomic E-state index is 5.99. The Labute approximate surface area is 95.8 Å². The molecule has 80 valence electrons. The standard InChI is InChI=1S/C13H16ClN/c1-9-6-10(2-3-11(9)14)8-15-12-7-13(12)4-5-13/h2-3,6,12,15H,4-5,7-8H2,1H3. The van der Waals surface area contributed by atoms with Crippen LogP contribution < -0.4 is 5.32 Å². The van der Waals surface area contributed by atoms with Gasteiger partial charge in [-0.05, 0) is 48.8 Å². The monoisotopic (exact) mass is 221 g/mol. The van der Waals surface area contributed by atoms with E-state index in [1.807, 2.05) is 6.07 Å². The van der Waals surface area contributed by atoms with Crippen molar-refractivity contribution in [2.75, 3.05) is 0 Å². The van der Waals surface area contributed by atoms with E-state index in [-0.39, 0.29) is 0 Å². The predicted octanol–water partition coefficient (Wildman–Crippen LogP) is 3.29. The van der Waals surface area contributed by atoms with Crippen LogP contribution in [0.15, 0.2) is 18.2 Å². The van der Waals surface area contributed by atoms with E-state index in [1.165, 1.54) is 30.4 Å². The topological polar surface area (TPSA) is 12.0 Å². The zero-order valence-electron chi connectivity index (χ0n) is 9.02. The van der Waals surface area contributed by atoms with Crippen LogP contribution in [0.1, 0.15) is 30.4 Å². The van der Waals surface area contributed by atoms with Crippen molar-refractivity contribution in [2.45, 2.75) is 38.8 Å². The normalized spacial score (nSPS) is 25.6. The molecule has 1 spiro atoms. The van der Waals surface area contributed by atoms with E-state index in [2.05, 4.69) is 24.4 Å². The third-order valence-corrected chi connectivity index (χ3v) is 4.28. The summed E-state index contributed by atoms with van der Waals surface area (Å²) in [5, 5.41) is 4.49. The Morgan fingerprint density at radius 1 is 1.47 bits per heavy atom. The van der Waals surface area contributed by atoms with Crippen LogP contribution in [0.25, 0.3) is 0 Å². The van der Waals surface area contributed by atoms with Gasteiger partial charge in [-0.15, -0.1) is 0 Å². The van der Waals surface area contributed by atoms with E-state index < -0.39 is 0 Å². The summed E-state index contributed by atoms with van der Waals surface area (Å²) in [6.45, 7) is 3.05. The summed E-state index contributed by atoms with van der Waals surface area (Å²) < 4.78 is 0. The van der Waals surface area contributed by atoms with Gasteiger partial charge in [-0.1, -0.05) is 23.7 Å². The van der Waals surface area contributed by atoms with Gasteiger partial charge in [-0.2, -0.15) is 0 Å². The van der Waals surface area contributed by atoms with Gasteiger partial charge in [0.1, 0.15) is 0 Å². The first kappa shape index (κ1) is 9.68. The van der Waals surface area contributed by atoms with Gasteiger partial charge in [-0.3, -0.25) is 0 Å². The Balaban J connectivity index is 1.59. The van der Waals surface area contributed by atoms with Gasteiger partial charge in [0.2, 0.25) is 0 Å². The Morgan fingerprint density at radius 2 is 2.27 bits per heavy atom. The molecule has 0 aliphatic heterocycles. The van der Waals surface area contributed by atoms with Crippen LogP contribution in [-0.4, -0.2) is 6.04 Å². The van der Waals surface area contributed by atoms with Crippen molar-refractivity contribution in [3.8, 4) is 0 Å². The van der Waals surface area contributed by atoms with Crippen LogP contribution in [0, 0.1) is 12.3 Å². The maximum Gasteiger partial charge on any atom is 0.0435 e. The summed E-state index contributed by atoms with van der Waals surface area (Å²) >= 11 is 5.99. The zero-order valence-corrected chi connectivity index (χ0v) is 9.77. The van der Waals surface area contributed by atoms with Crippen LogP contribution in [0.5, 0.6) is 0 Å². The van der Waals surface area contributed by atoms with Crippen molar-refractivity contribution in [2.24, 2.45) is 5.41 Å². The molecular weight excluding hydrogens is 206 g/mol. The molecule has 1 aromatic carbocycles. The second-order valence-electron chi connectivity index (χ2n) is 5.08. The van der Waals surface area contributed by atoms with Crippen LogP contribution in [0.3, 0.4) is 0 Å². The first-order valence-corrected chi connectivity index (χ1v) is 6.06. The van der Waals surface area contributed by atoms with E-state index >= 15 is 0 Å². The highest BCUT2D eigenvalue weighted by Gasteiger charge is 2.62. The lowest BCUT2D eigenvalue weighted by molar-refractivity contribution is 0.631. The summed E-state index contributed by atoms with van der Waals surface area (Å²) in [4.78, 5) is 0. The predicted molar refractivity (Wildman–Crippen MR) is 63.1 cm³/mol. The fourth-order valence-electron chi connectivity index (χ4n) is 2.41. The van der Waals surface area contributed by atoms with E-state index in [0.29, 0.717) is 0 Å². The summed E-state index contributed by atoms with van der Waals surface area (Å²) in [5.41, 5.74) is 3.27. The highest BCUT2D eigenvalue weighted by atomic mass is 35.5. The molecular formula is C13H16ClN. The van der Waals surface area contributed by atoms with E-state index in [9.17, 15) is 0 Å². The number of benzene rings is 1. The molecule has 1 nitrogen and oxygen atoms in total. The van der Waals surface area contributed by atoms with Gasteiger partial charge < -0.3 is 5.32 Å². The first-order valence-electron chi connectivity index (χ1n) is 5.68. The van der Waals surface area contributed by atoms with E-state index in [1.54, 1.807) is 0 Å². The highest BCUT2D eigenvalue weighted by molar-refractivity contribution is 6.31. The molecule has 2 aliphatic carbocycles. The minimum atomic E-state index is 0.751. The largest absolute Gasteiger partial charge is 0.309 e. The molecule has 0 radical (unpaired) electrons. The quantitative estimate of drug-likeness (QED) is 0.826. The molecule has 15 heavy (non-hydrogen) atoms. The Morgan fingerprint density at radius 3 is 2.87 bits per heavy atom. The van der Waals surface area contributed by atoms with Gasteiger partial charge in [0.15, 0.2) is 0 Å². The van der Waals surface area contributed by atoms with Crippen LogP contribution in [-0.2, 0) is 6.54 Å². The van der Waals surface area contributed by atoms with Gasteiger partial charge in [0, 0.05) is 17.6 Å². The number of hydrogen-bond donors (Lipinski definition) is 1. The second-order valence-corrected chi connectivity index (χ2v) is 5.49. The Kier molecular flexibility index (Phi) is 2.08. The van der Waals surface area contributed by atoms with Crippen molar-refractivity contribution in [3.63, 3.8) is 0 Å². The third-order valence-electron chi connectivity index (χ3n) is 3.86. The van der Waals surface area contributed by atoms with Crippen molar-refractivity contribution in [1.29, 1.82) is 0 Å². The van der Waals surface area contributed by atoms with Gasteiger partial charge in [-0.25, -0.2) is 0 Å². The fourth-order valence-corrected chi connectivity index (χ4v) is 2.52. The number of hydrogen-bond acceptors (Lipinski definition) is 1. The Bertz CT molecular complexity index is 396. The highest BCUT2D eigenvalue weighted by Crippen LogP contribution is 2.65. The molecule has 0 amide bonds. The lowest BCUT2D eigenvalue weighted by atomic mass is 10.1. The molecule has 0 heterocycles. The van der Waals surface area contributed by atoms with Crippen molar-refractivity contribution in [1.82, 2.24) is 5.32 Å². The molecule has 1 unspecified atom stereocenters. The SMILES string of the molecule is Cc1cc(CNC2CC23CC3)ccc1Cl. The van der Waals surface area contributed by atoms with Crippen LogP contribution in [0.4, 0.5) is 0 Å². The number of nitrogens with one attached hydrogen (secondary N) is 1. The molecule has 3 rings (SSSR count). The lowest BCUT2D eigenvalue weighted by Gasteiger charge is -2.05. The average molecular weight is 222 g/mol. The first-order chi connectivity index (χ1) is 7.20. The third kappa shape index (κ3) is 1.79. The van der Waals surface area contributed by atoms with Gasteiger partial charge in [0.25, 0.3) is 0 Å². The van der Waals surface area contributed by atoms with E-state index in [4.69, 9.17) is 11.6 Å². The van der Waals surface area contributed by atoms with Crippen molar-refractivity contribution in [3.05, 3.63) is 34.3 Å². The van der Waals surface area contributed by atoms with Crippen LogP contribution in [0.2, 0.25) is 5.02 Å². The molecule has 1 N–H and O–H groups in total. The van der Waals surface area contributed by atoms with Crippen LogP contribution >= 0.6 is 11.6 Å². The van der Waals surface area contributed by atoms with Gasteiger partial charge in [0.05, 0.1) is 0 Å². The fraction of sp³-hybridized carbons (Fsp3) is 0.538. The molecule has 0 bridgehead atoms. The molecule has 2 aliphatic rings. The summed E-state index contributed by atoms with van der Waals surface area (Å²) in [5.74, 6) is 0. The Hall–Kier alpha value is -0.530. The lowest BCUT2D eigenvalue weighted by Crippen LogP contribution is -2.17. The smallest absolute Gasteiger partial charge is 0.0435 e. The average Bonchev–Trinajstić information content (AvgIpc) is 3.11.